The molecule has 0 radical (unpaired) electrons. The molecule has 4 heteroatoms. The van der Waals surface area contributed by atoms with Crippen LogP contribution in [0.5, 0.6) is 5.75 Å². The van der Waals surface area contributed by atoms with Gasteiger partial charge in [-0.1, -0.05) is 0 Å². The number of hydrogen-bond donors (Lipinski definition) is 1. The predicted molar refractivity (Wildman–Crippen MR) is 48.9 cm³/mol. The fourth-order valence-electron chi connectivity index (χ4n) is 1.49. The van der Waals surface area contributed by atoms with Crippen molar-refractivity contribution in [3.05, 3.63) is 23.3 Å². The van der Waals surface area contributed by atoms with Crippen LogP contribution in [-0.4, -0.2) is 19.7 Å². The van der Waals surface area contributed by atoms with Gasteiger partial charge in [0.05, 0.1) is 17.6 Å². The first kappa shape index (κ1) is 8.04. The zero-order valence-corrected chi connectivity index (χ0v) is 7.87. The van der Waals surface area contributed by atoms with E-state index in [1.165, 1.54) is 0 Å². The van der Waals surface area contributed by atoms with Gasteiger partial charge in [-0.2, -0.15) is 5.10 Å². The fraction of sp³-hybridized carbons (Fsp3) is 0.333. The van der Waals surface area contributed by atoms with Gasteiger partial charge in [0.2, 0.25) is 0 Å². The summed E-state index contributed by atoms with van der Waals surface area (Å²) in [5.41, 5.74) is 3.03. The molecule has 4 nitrogen and oxygen atoms in total. The molecule has 0 spiro atoms. The molecular weight excluding hydrogens is 166 g/mol. The number of rotatable bonds is 0. The Labute approximate surface area is 75.8 Å². The SMILES string of the molecule is Cc1cn2nc(C)c(O)c2c(C)n1. The summed E-state index contributed by atoms with van der Waals surface area (Å²) in [7, 11) is 0. The summed E-state index contributed by atoms with van der Waals surface area (Å²) in [6.07, 6.45) is 1.80. The Morgan fingerprint density at radius 1 is 1.23 bits per heavy atom. The maximum Gasteiger partial charge on any atom is 0.166 e. The molecule has 2 heterocycles. The maximum atomic E-state index is 9.65. The van der Waals surface area contributed by atoms with E-state index in [9.17, 15) is 5.11 Å². The second-order valence-electron chi connectivity index (χ2n) is 3.19. The molecule has 0 aliphatic rings. The van der Waals surface area contributed by atoms with E-state index in [1.807, 2.05) is 13.8 Å². The second-order valence-corrected chi connectivity index (χ2v) is 3.19. The van der Waals surface area contributed by atoms with Crippen LogP contribution in [0.25, 0.3) is 5.52 Å². The third-order valence-corrected chi connectivity index (χ3v) is 2.05. The molecule has 2 aromatic rings. The molecule has 0 saturated heterocycles. The van der Waals surface area contributed by atoms with Gasteiger partial charge in [-0.05, 0) is 20.8 Å². The van der Waals surface area contributed by atoms with E-state index in [4.69, 9.17) is 0 Å². The summed E-state index contributed by atoms with van der Waals surface area (Å²) >= 11 is 0. The Hall–Kier alpha value is -1.58. The largest absolute Gasteiger partial charge is 0.504 e. The van der Waals surface area contributed by atoms with Crippen molar-refractivity contribution in [1.29, 1.82) is 0 Å². The van der Waals surface area contributed by atoms with Crippen LogP contribution in [0.1, 0.15) is 17.1 Å². The molecule has 13 heavy (non-hydrogen) atoms. The average Bonchev–Trinajstić information content (AvgIpc) is 2.27. The average molecular weight is 177 g/mol. The molecule has 0 aromatic carbocycles. The summed E-state index contributed by atoms with van der Waals surface area (Å²) in [4.78, 5) is 4.26. The van der Waals surface area contributed by atoms with Crippen LogP contribution in [0.2, 0.25) is 0 Å². The van der Waals surface area contributed by atoms with E-state index in [-0.39, 0.29) is 5.75 Å². The lowest BCUT2D eigenvalue weighted by Crippen LogP contribution is -1.95. The third-order valence-electron chi connectivity index (χ3n) is 2.05. The minimum Gasteiger partial charge on any atom is -0.504 e. The summed E-state index contributed by atoms with van der Waals surface area (Å²) in [6, 6.07) is 0. The van der Waals surface area contributed by atoms with Crippen molar-refractivity contribution in [3.63, 3.8) is 0 Å². The highest BCUT2D eigenvalue weighted by Crippen LogP contribution is 2.24. The molecule has 0 saturated carbocycles. The lowest BCUT2D eigenvalue weighted by Gasteiger charge is -1.99. The Balaban J connectivity index is 2.94. The standard InChI is InChI=1S/C9H11N3O/c1-5-4-12-8(6(2)10-5)9(13)7(3)11-12/h4,13H,1-3H3. The van der Waals surface area contributed by atoms with Crippen molar-refractivity contribution in [2.24, 2.45) is 0 Å². The fourth-order valence-corrected chi connectivity index (χ4v) is 1.49. The van der Waals surface area contributed by atoms with Crippen LogP contribution in [0.15, 0.2) is 6.20 Å². The highest BCUT2D eigenvalue weighted by molar-refractivity contribution is 5.64. The zero-order chi connectivity index (χ0) is 9.59. The molecule has 2 rings (SSSR count). The summed E-state index contributed by atoms with van der Waals surface area (Å²) in [5.74, 6) is 0.227. The minimum atomic E-state index is 0.227. The molecular formula is C9H11N3O. The van der Waals surface area contributed by atoms with Gasteiger partial charge >= 0.3 is 0 Å². The van der Waals surface area contributed by atoms with Crippen LogP contribution in [0.4, 0.5) is 0 Å². The first-order valence-electron chi connectivity index (χ1n) is 4.11. The van der Waals surface area contributed by atoms with Crippen molar-refractivity contribution in [3.8, 4) is 5.75 Å². The number of fused-ring (bicyclic) bond motifs is 1. The molecule has 0 fully saturated rings. The first-order valence-corrected chi connectivity index (χ1v) is 4.11. The molecule has 0 atom stereocenters. The van der Waals surface area contributed by atoms with E-state index in [2.05, 4.69) is 10.1 Å². The summed E-state index contributed by atoms with van der Waals surface area (Å²) in [6.45, 7) is 5.54. The lowest BCUT2D eigenvalue weighted by molar-refractivity contribution is 0.476. The lowest BCUT2D eigenvalue weighted by atomic mass is 10.3. The Kier molecular flexibility index (Phi) is 1.52. The summed E-state index contributed by atoms with van der Waals surface area (Å²) in [5, 5.41) is 13.8. The van der Waals surface area contributed by atoms with Crippen LogP contribution < -0.4 is 0 Å². The molecule has 0 amide bonds. The van der Waals surface area contributed by atoms with Crippen LogP contribution in [-0.2, 0) is 0 Å². The van der Waals surface area contributed by atoms with Gasteiger partial charge in [0, 0.05) is 0 Å². The van der Waals surface area contributed by atoms with Crippen LogP contribution >= 0.6 is 0 Å². The predicted octanol–water partition coefficient (Wildman–Crippen LogP) is 1.36. The van der Waals surface area contributed by atoms with Gasteiger partial charge in [-0.3, -0.25) is 4.98 Å². The monoisotopic (exact) mass is 177 g/mol. The van der Waals surface area contributed by atoms with Gasteiger partial charge in [0.25, 0.3) is 0 Å². The van der Waals surface area contributed by atoms with Gasteiger partial charge in [-0.15, -0.1) is 0 Å². The van der Waals surface area contributed by atoms with Crippen molar-refractivity contribution in [2.45, 2.75) is 20.8 Å². The Bertz CT molecular complexity index is 473. The molecule has 68 valence electrons. The van der Waals surface area contributed by atoms with E-state index in [0.717, 1.165) is 11.4 Å². The molecule has 0 aliphatic heterocycles. The van der Waals surface area contributed by atoms with Crippen molar-refractivity contribution in [2.75, 3.05) is 0 Å². The molecule has 0 aliphatic carbocycles. The molecule has 1 N–H and O–H groups in total. The smallest absolute Gasteiger partial charge is 0.166 e. The number of nitrogens with zero attached hydrogens (tertiary/aromatic N) is 3. The number of aromatic nitrogens is 3. The first-order chi connectivity index (χ1) is 6.09. The Morgan fingerprint density at radius 2 is 1.92 bits per heavy atom. The van der Waals surface area contributed by atoms with Gasteiger partial charge in [-0.25, -0.2) is 4.52 Å². The van der Waals surface area contributed by atoms with Gasteiger partial charge in [0.15, 0.2) is 5.75 Å². The topological polar surface area (TPSA) is 50.4 Å². The number of hydrogen-bond acceptors (Lipinski definition) is 3. The van der Waals surface area contributed by atoms with E-state index < -0.39 is 0 Å². The number of aromatic hydroxyl groups is 1. The van der Waals surface area contributed by atoms with Crippen molar-refractivity contribution >= 4 is 5.52 Å². The summed E-state index contributed by atoms with van der Waals surface area (Å²) < 4.78 is 1.67. The van der Waals surface area contributed by atoms with Crippen molar-refractivity contribution < 1.29 is 5.11 Å². The third kappa shape index (κ3) is 1.06. The zero-order valence-electron chi connectivity index (χ0n) is 7.87. The normalized spacial score (nSPS) is 11.0. The van der Waals surface area contributed by atoms with E-state index >= 15 is 0 Å². The minimum absolute atomic E-state index is 0.227. The maximum absolute atomic E-state index is 9.65. The highest BCUT2D eigenvalue weighted by atomic mass is 16.3. The van der Waals surface area contributed by atoms with E-state index in [1.54, 1.807) is 17.6 Å². The van der Waals surface area contributed by atoms with Crippen LogP contribution in [0, 0.1) is 20.8 Å². The second kappa shape index (κ2) is 2.45. The van der Waals surface area contributed by atoms with Crippen molar-refractivity contribution in [1.82, 2.24) is 14.6 Å². The van der Waals surface area contributed by atoms with Crippen LogP contribution in [0.3, 0.4) is 0 Å². The molecule has 0 unspecified atom stereocenters. The number of aryl methyl sites for hydroxylation is 3. The molecule has 0 bridgehead atoms. The Morgan fingerprint density at radius 3 is 2.62 bits per heavy atom. The quantitative estimate of drug-likeness (QED) is 0.661. The van der Waals surface area contributed by atoms with Gasteiger partial charge < -0.3 is 5.11 Å². The van der Waals surface area contributed by atoms with Gasteiger partial charge in [0.1, 0.15) is 11.2 Å². The molecule has 2 aromatic heterocycles. The highest BCUT2D eigenvalue weighted by Gasteiger charge is 2.10. The van der Waals surface area contributed by atoms with E-state index in [0.29, 0.717) is 11.2 Å².